The number of aromatic nitrogens is 2. The van der Waals surface area contributed by atoms with E-state index < -0.39 is 11.9 Å². The minimum Gasteiger partial charge on any atom is -0.308 e. The maximum atomic E-state index is 12.0. The molecule has 0 bridgehead atoms. The van der Waals surface area contributed by atoms with E-state index in [2.05, 4.69) is 20.6 Å². The monoisotopic (exact) mass is 366 g/mol. The number of nitrogens with zero attached hydrogens (tertiary/aromatic N) is 2. The molecule has 0 fully saturated rings. The number of aryl methyl sites for hydroxylation is 2. The van der Waals surface area contributed by atoms with Crippen LogP contribution in [0, 0.1) is 13.8 Å². The van der Waals surface area contributed by atoms with Gasteiger partial charge in [0, 0.05) is 5.69 Å². The molecule has 0 radical (unpaired) electrons. The number of hydrogen-bond acceptors (Lipinski definition) is 5. The van der Waals surface area contributed by atoms with Crippen LogP contribution in [0.25, 0.3) is 11.0 Å². The minimum absolute atomic E-state index is 0.0785. The highest BCUT2D eigenvalue weighted by atomic mass is 32.2. The van der Waals surface area contributed by atoms with Gasteiger partial charge in [-0.3, -0.25) is 10.1 Å². The molecule has 6 nitrogen and oxygen atoms in total. The first-order valence-electron chi connectivity index (χ1n) is 8.05. The van der Waals surface area contributed by atoms with Gasteiger partial charge in [-0.25, -0.2) is 14.8 Å². The zero-order valence-corrected chi connectivity index (χ0v) is 15.3. The number of para-hydroxylation sites is 2. The fraction of sp³-hybridized carbons (Fsp3) is 0.158. The second-order valence-corrected chi connectivity index (χ2v) is 6.73. The van der Waals surface area contributed by atoms with E-state index in [9.17, 15) is 9.59 Å². The molecule has 0 saturated carbocycles. The van der Waals surface area contributed by atoms with Crippen molar-refractivity contribution in [2.45, 2.75) is 18.9 Å². The Balaban J connectivity index is 1.57. The normalized spacial score (nSPS) is 10.5. The van der Waals surface area contributed by atoms with Gasteiger partial charge in [0.1, 0.15) is 5.03 Å². The van der Waals surface area contributed by atoms with Crippen LogP contribution in [0.2, 0.25) is 0 Å². The Kier molecular flexibility index (Phi) is 5.48. The van der Waals surface area contributed by atoms with Gasteiger partial charge < -0.3 is 5.32 Å². The van der Waals surface area contributed by atoms with Gasteiger partial charge in [-0.2, -0.15) is 0 Å². The lowest BCUT2D eigenvalue weighted by molar-refractivity contribution is -0.117. The summed E-state index contributed by atoms with van der Waals surface area (Å²) in [5.41, 5.74) is 4.01. The first-order chi connectivity index (χ1) is 12.5. The van der Waals surface area contributed by atoms with Crippen LogP contribution in [-0.2, 0) is 4.79 Å². The van der Waals surface area contributed by atoms with E-state index in [1.54, 1.807) is 6.07 Å². The average molecular weight is 366 g/mol. The molecule has 0 aliphatic rings. The summed E-state index contributed by atoms with van der Waals surface area (Å²) in [5.74, 6) is -0.316. The Hall–Kier alpha value is -2.93. The molecule has 0 saturated heterocycles. The van der Waals surface area contributed by atoms with Crippen molar-refractivity contribution in [1.82, 2.24) is 15.3 Å². The van der Waals surface area contributed by atoms with E-state index in [1.807, 2.05) is 56.3 Å². The molecule has 1 aromatic heterocycles. The number of urea groups is 1. The highest BCUT2D eigenvalue weighted by molar-refractivity contribution is 7.99. The van der Waals surface area contributed by atoms with Gasteiger partial charge in [0.05, 0.1) is 22.5 Å². The zero-order valence-electron chi connectivity index (χ0n) is 14.4. The van der Waals surface area contributed by atoms with E-state index in [4.69, 9.17) is 0 Å². The van der Waals surface area contributed by atoms with Crippen LogP contribution >= 0.6 is 11.8 Å². The summed E-state index contributed by atoms with van der Waals surface area (Å²) in [6, 6.07) is 14.4. The molecule has 0 spiro atoms. The van der Waals surface area contributed by atoms with Gasteiger partial charge >= 0.3 is 6.03 Å². The van der Waals surface area contributed by atoms with Crippen molar-refractivity contribution in [3.63, 3.8) is 0 Å². The second-order valence-electron chi connectivity index (χ2n) is 5.76. The summed E-state index contributed by atoms with van der Waals surface area (Å²) in [7, 11) is 0. The van der Waals surface area contributed by atoms with Crippen molar-refractivity contribution in [2.75, 3.05) is 11.1 Å². The van der Waals surface area contributed by atoms with Gasteiger partial charge in [-0.05, 0) is 43.7 Å². The molecule has 0 atom stereocenters. The van der Waals surface area contributed by atoms with E-state index in [0.29, 0.717) is 10.7 Å². The number of amides is 3. The molecule has 0 aliphatic carbocycles. The third-order valence-electron chi connectivity index (χ3n) is 3.57. The molecule has 3 aromatic rings. The number of fused-ring (bicyclic) bond motifs is 1. The number of imide groups is 1. The maximum Gasteiger partial charge on any atom is 0.325 e. The summed E-state index contributed by atoms with van der Waals surface area (Å²) in [6.07, 6.45) is 0. The summed E-state index contributed by atoms with van der Waals surface area (Å²) in [5, 5.41) is 5.63. The van der Waals surface area contributed by atoms with Crippen molar-refractivity contribution >= 4 is 40.4 Å². The molecule has 3 amide bonds. The van der Waals surface area contributed by atoms with Crippen molar-refractivity contribution < 1.29 is 9.59 Å². The molecule has 0 unspecified atom stereocenters. The van der Waals surface area contributed by atoms with Gasteiger partial charge in [0.25, 0.3) is 0 Å². The molecule has 3 rings (SSSR count). The second kappa shape index (κ2) is 7.97. The smallest absolute Gasteiger partial charge is 0.308 e. The SMILES string of the molecule is Cc1cccc(NC(=O)NC(=O)CSc2nc3ccccc3nc2C)c1. The third kappa shape index (κ3) is 4.58. The average Bonchev–Trinajstić information content (AvgIpc) is 2.59. The largest absolute Gasteiger partial charge is 0.325 e. The van der Waals surface area contributed by atoms with Gasteiger partial charge in [-0.1, -0.05) is 36.0 Å². The molecule has 2 aromatic carbocycles. The van der Waals surface area contributed by atoms with Crippen molar-refractivity contribution in [3.8, 4) is 0 Å². The van der Waals surface area contributed by atoms with Crippen molar-refractivity contribution in [3.05, 3.63) is 59.8 Å². The van der Waals surface area contributed by atoms with Crippen LogP contribution in [0.5, 0.6) is 0 Å². The summed E-state index contributed by atoms with van der Waals surface area (Å²) < 4.78 is 0. The van der Waals surface area contributed by atoms with Crippen LogP contribution in [0.4, 0.5) is 10.5 Å². The minimum atomic E-state index is -0.553. The molecule has 2 N–H and O–H groups in total. The Morgan fingerprint density at radius 2 is 1.73 bits per heavy atom. The van der Waals surface area contributed by atoms with Gasteiger partial charge in [-0.15, -0.1) is 0 Å². The standard InChI is InChI=1S/C19H18N4O2S/c1-12-6-5-7-14(10-12)21-19(25)23-17(24)11-26-18-13(2)20-15-8-3-4-9-16(15)22-18/h3-10H,11H2,1-2H3,(H2,21,23,24,25). The predicted molar refractivity (Wildman–Crippen MR) is 103 cm³/mol. The summed E-state index contributed by atoms with van der Waals surface area (Å²) in [4.78, 5) is 32.9. The Morgan fingerprint density at radius 1 is 1.00 bits per heavy atom. The van der Waals surface area contributed by atoms with E-state index in [-0.39, 0.29) is 5.75 Å². The Labute approximate surface area is 155 Å². The molecular weight excluding hydrogens is 348 g/mol. The highest BCUT2D eigenvalue weighted by Crippen LogP contribution is 2.21. The lowest BCUT2D eigenvalue weighted by atomic mass is 10.2. The van der Waals surface area contributed by atoms with Gasteiger partial charge in [0.2, 0.25) is 5.91 Å². The third-order valence-corrected chi connectivity index (χ3v) is 4.64. The topological polar surface area (TPSA) is 84.0 Å². The fourth-order valence-corrected chi connectivity index (χ4v) is 3.15. The Morgan fingerprint density at radius 3 is 2.46 bits per heavy atom. The number of hydrogen-bond donors (Lipinski definition) is 2. The first kappa shape index (κ1) is 17.9. The number of carbonyl (C=O) groups excluding carboxylic acids is 2. The molecule has 132 valence electrons. The van der Waals surface area contributed by atoms with Crippen LogP contribution in [-0.4, -0.2) is 27.7 Å². The van der Waals surface area contributed by atoms with E-state index in [1.165, 1.54) is 11.8 Å². The number of thioether (sulfide) groups is 1. The molecule has 7 heteroatoms. The van der Waals surface area contributed by atoms with Crippen LogP contribution in [0.15, 0.2) is 53.6 Å². The molecule has 26 heavy (non-hydrogen) atoms. The lowest BCUT2D eigenvalue weighted by Gasteiger charge is -2.08. The maximum absolute atomic E-state index is 12.0. The first-order valence-corrected chi connectivity index (χ1v) is 9.03. The highest BCUT2D eigenvalue weighted by Gasteiger charge is 2.11. The summed E-state index contributed by atoms with van der Waals surface area (Å²) in [6.45, 7) is 3.78. The number of benzene rings is 2. The predicted octanol–water partition coefficient (Wildman–Crippen LogP) is 3.69. The zero-order chi connectivity index (χ0) is 18.5. The Bertz CT molecular complexity index is 975. The number of rotatable bonds is 4. The van der Waals surface area contributed by atoms with Gasteiger partial charge in [0.15, 0.2) is 0 Å². The van der Waals surface area contributed by atoms with E-state index in [0.717, 1.165) is 22.3 Å². The molecular formula is C19H18N4O2S. The quantitative estimate of drug-likeness (QED) is 0.688. The van der Waals surface area contributed by atoms with Crippen molar-refractivity contribution in [1.29, 1.82) is 0 Å². The van der Waals surface area contributed by atoms with Crippen LogP contribution in [0.1, 0.15) is 11.3 Å². The fourth-order valence-electron chi connectivity index (χ4n) is 2.39. The van der Waals surface area contributed by atoms with Crippen LogP contribution in [0.3, 0.4) is 0 Å². The molecule has 0 aliphatic heterocycles. The summed E-state index contributed by atoms with van der Waals surface area (Å²) >= 11 is 1.26. The van der Waals surface area contributed by atoms with E-state index >= 15 is 0 Å². The van der Waals surface area contributed by atoms with Crippen molar-refractivity contribution in [2.24, 2.45) is 0 Å². The molecule has 1 heterocycles. The number of nitrogens with one attached hydrogen (secondary N) is 2. The number of carbonyl (C=O) groups is 2. The lowest BCUT2D eigenvalue weighted by Crippen LogP contribution is -2.35. The number of anilines is 1. The van der Waals surface area contributed by atoms with Crippen LogP contribution < -0.4 is 10.6 Å².